The van der Waals surface area contributed by atoms with Gasteiger partial charge in [-0.25, -0.2) is 4.79 Å². The molecule has 0 radical (unpaired) electrons. The molecule has 0 aliphatic heterocycles. The lowest BCUT2D eigenvalue weighted by Gasteiger charge is -2.23. The zero-order valence-corrected chi connectivity index (χ0v) is 14.7. The van der Waals surface area contributed by atoms with Crippen LogP contribution in [0.3, 0.4) is 0 Å². The third-order valence-electron chi connectivity index (χ3n) is 2.97. The Morgan fingerprint density at radius 2 is 1.91 bits per heavy atom. The van der Waals surface area contributed by atoms with Gasteiger partial charge in [0, 0.05) is 11.2 Å². The summed E-state index contributed by atoms with van der Waals surface area (Å²) < 4.78 is 5.46. The molecule has 6 nitrogen and oxygen atoms in total. The Balaban J connectivity index is 2.59. The van der Waals surface area contributed by atoms with Crippen molar-refractivity contribution in [2.75, 3.05) is 11.9 Å². The molecule has 1 aromatic carbocycles. The summed E-state index contributed by atoms with van der Waals surface area (Å²) in [6, 6.07) is 4.34. The second-order valence-corrected chi connectivity index (χ2v) is 6.47. The van der Waals surface area contributed by atoms with Gasteiger partial charge in [-0.05, 0) is 65.3 Å². The fourth-order valence-electron chi connectivity index (χ4n) is 1.95. The minimum atomic E-state index is -0.627. The summed E-state index contributed by atoms with van der Waals surface area (Å²) in [6.45, 7) is 11.7. The number of carbonyl (C=O) groups is 2. The molecular weight excluding hydrogens is 294 g/mol. The predicted octanol–water partition coefficient (Wildman–Crippen LogP) is 2.82. The number of urea groups is 1. The summed E-state index contributed by atoms with van der Waals surface area (Å²) in [6.07, 6.45) is 0. The third-order valence-corrected chi connectivity index (χ3v) is 2.97. The first kappa shape index (κ1) is 18.8. The van der Waals surface area contributed by atoms with E-state index in [4.69, 9.17) is 4.74 Å². The molecule has 128 valence electrons. The molecule has 0 bridgehead atoms. The first-order chi connectivity index (χ1) is 10.6. The normalized spacial score (nSPS) is 12.3. The molecule has 1 aromatic rings. The Kier molecular flexibility index (Phi) is 6.42. The molecule has 0 heterocycles. The molecule has 3 N–H and O–H groups in total. The van der Waals surface area contributed by atoms with Crippen LogP contribution in [0.4, 0.5) is 10.5 Å². The Morgan fingerprint density at radius 3 is 2.43 bits per heavy atom. The number of rotatable bonds is 5. The van der Waals surface area contributed by atoms with Crippen molar-refractivity contribution in [3.05, 3.63) is 23.8 Å². The van der Waals surface area contributed by atoms with E-state index < -0.39 is 12.1 Å². The van der Waals surface area contributed by atoms with Crippen molar-refractivity contribution in [2.24, 2.45) is 0 Å². The largest absolute Gasteiger partial charge is 0.494 e. The summed E-state index contributed by atoms with van der Waals surface area (Å²) in [4.78, 5) is 23.9. The van der Waals surface area contributed by atoms with Gasteiger partial charge in [0.25, 0.3) is 0 Å². The van der Waals surface area contributed by atoms with Gasteiger partial charge in [0.2, 0.25) is 5.91 Å². The lowest BCUT2D eigenvalue weighted by Crippen LogP contribution is -2.51. The first-order valence-corrected chi connectivity index (χ1v) is 7.75. The molecular formula is C17H27N3O3. The van der Waals surface area contributed by atoms with Crippen LogP contribution in [-0.2, 0) is 4.79 Å². The zero-order valence-electron chi connectivity index (χ0n) is 14.7. The van der Waals surface area contributed by atoms with E-state index in [9.17, 15) is 9.59 Å². The number of hydrogen-bond donors (Lipinski definition) is 3. The van der Waals surface area contributed by atoms with E-state index in [1.54, 1.807) is 13.0 Å². The van der Waals surface area contributed by atoms with E-state index in [2.05, 4.69) is 16.0 Å². The van der Waals surface area contributed by atoms with Crippen molar-refractivity contribution in [3.8, 4) is 5.75 Å². The topological polar surface area (TPSA) is 79.5 Å². The maximum atomic E-state index is 12.0. The van der Waals surface area contributed by atoms with E-state index in [-0.39, 0.29) is 11.4 Å². The Hall–Kier alpha value is -2.24. The number of benzene rings is 1. The summed E-state index contributed by atoms with van der Waals surface area (Å²) in [7, 11) is 0. The molecule has 1 rings (SSSR count). The number of hydrogen-bond acceptors (Lipinski definition) is 3. The van der Waals surface area contributed by atoms with Crippen molar-refractivity contribution in [1.29, 1.82) is 0 Å². The first-order valence-electron chi connectivity index (χ1n) is 7.75. The second-order valence-electron chi connectivity index (χ2n) is 6.47. The summed E-state index contributed by atoms with van der Waals surface area (Å²) in [5.41, 5.74) is 1.24. The van der Waals surface area contributed by atoms with Gasteiger partial charge in [0.1, 0.15) is 11.8 Å². The number of ether oxygens (including phenoxy) is 1. The maximum Gasteiger partial charge on any atom is 0.319 e. The quantitative estimate of drug-likeness (QED) is 0.780. The van der Waals surface area contributed by atoms with Crippen LogP contribution >= 0.6 is 0 Å². The zero-order chi connectivity index (χ0) is 17.6. The Bertz CT molecular complexity index is 565. The van der Waals surface area contributed by atoms with Crippen LogP contribution in [0.2, 0.25) is 0 Å². The molecule has 6 heteroatoms. The fraction of sp³-hybridized carbons (Fsp3) is 0.529. The van der Waals surface area contributed by atoms with Gasteiger partial charge in [-0.2, -0.15) is 0 Å². The van der Waals surface area contributed by atoms with Gasteiger partial charge in [-0.1, -0.05) is 0 Å². The molecule has 0 aliphatic carbocycles. The summed E-state index contributed by atoms with van der Waals surface area (Å²) in [5.74, 6) is 0.562. The van der Waals surface area contributed by atoms with Crippen LogP contribution in [-0.4, -0.2) is 30.1 Å². The molecule has 0 spiro atoms. The van der Waals surface area contributed by atoms with Gasteiger partial charge >= 0.3 is 6.03 Å². The van der Waals surface area contributed by atoms with Crippen LogP contribution in [0, 0.1) is 6.92 Å². The van der Waals surface area contributed by atoms with Crippen LogP contribution in [0.15, 0.2) is 18.2 Å². The van der Waals surface area contributed by atoms with Crippen LogP contribution < -0.4 is 20.7 Å². The molecule has 0 aliphatic rings. The van der Waals surface area contributed by atoms with E-state index in [0.29, 0.717) is 12.3 Å². The third kappa shape index (κ3) is 6.59. The number of carbonyl (C=O) groups excluding carboxylic acids is 2. The van der Waals surface area contributed by atoms with Crippen LogP contribution in [0.25, 0.3) is 0 Å². The van der Waals surface area contributed by atoms with Gasteiger partial charge < -0.3 is 20.7 Å². The van der Waals surface area contributed by atoms with E-state index in [1.807, 2.05) is 46.8 Å². The molecule has 0 saturated carbocycles. The number of amides is 3. The smallest absolute Gasteiger partial charge is 0.319 e. The van der Waals surface area contributed by atoms with E-state index in [0.717, 1.165) is 11.3 Å². The van der Waals surface area contributed by atoms with Gasteiger partial charge in [0.15, 0.2) is 0 Å². The van der Waals surface area contributed by atoms with Crippen LogP contribution in [0.1, 0.15) is 40.2 Å². The van der Waals surface area contributed by atoms with Crippen LogP contribution in [0.5, 0.6) is 5.75 Å². The minimum absolute atomic E-state index is 0.226. The highest BCUT2D eigenvalue weighted by atomic mass is 16.5. The van der Waals surface area contributed by atoms with Crippen molar-refractivity contribution in [3.63, 3.8) is 0 Å². The maximum absolute atomic E-state index is 12.0. The minimum Gasteiger partial charge on any atom is -0.494 e. The lowest BCUT2D eigenvalue weighted by molar-refractivity contribution is -0.123. The summed E-state index contributed by atoms with van der Waals surface area (Å²) >= 11 is 0. The SMILES string of the molecule is CCOc1ccc(NC(=O)N[C@@H](C)C(=O)NC(C)(C)C)cc1C. The molecule has 0 fully saturated rings. The van der Waals surface area contributed by atoms with Crippen molar-refractivity contribution in [2.45, 2.75) is 53.1 Å². The Morgan fingerprint density at radius 1 is 1.26 bits per heavy atom. The lowest BCUT2D eigenvalue weighted by atomic mass is 10.1. The molecule has 1 atom stereocenters. The average molecular weight is 321 g/mol. The average Bonchev–Trinajstić information content (AvgIpc) is 2.40. The monoisotopic (exact) mass is 321 g/mol. The van der Waals surface area contributed by atoms with Gasteiger partial charge in [-0.15, -0.1) is 0 Å². The second kappa shape index (κ2) is 7.85. The number of nitrogens with one attached hydrogen (secondary N) is 3. The van der Waals surface area contributed by atoms with E-state index in [1.165, 1.54) is 0 Å². The van der Waals surface area contributed by atoms with Gasteiger partial charge in [0.05, 0.1) is 6.61 Å². The standard InChI is InChI=1S/C17H27N3O3/c1-7-23-14-9-8-13(10-11(14)2)19-16(22)18-12(3)15(21)20-17(4,5)6/h8-10,12H,7H2,1-6H3,(H,20,21)(H2,18,19,22)/t12-/m0/s1. The molecule has 0 unspecified atom stereocenters. The number of anilines is 1. The van der Waals surface area contributed by atoms with Crippen molar-refractivity contribution < 1.29 is 14.3 Å². The van der Waals surface area contributed by atoms with Gasteiger partial charge in [-0.3, -0.25) is 4.79 Å². The molecule has 23 heavy (non-hydrogen) atoms. The Labute approximate surface area is 138 Å². The fourth-order valence-corrected chi connectivity index (χ4v) is 1.95. The van der Waals surface area contributed by atoms with Crippen molar-refractivity contribution in [1.82, 2.24) is 10.6 Å². The number of aryl methyl sites for hydroxylation is 1. The summed E-state index contributed by atoms with van der Waals surface area (Å²) in [5, 5.41) is 8.15. The highest BCUT2D eigenvalue weighted by Gasteiger charge is 2.20. The highest BCUT2D eigenvalue weighted by Crippen LogP contribution is 2.21. The van der Waals surface area contributed by atoms with Crippen molar-refractivity contribution >= 4 is 17.6 Å². The molecule has 0 aromatic heterocycles. The van der Waals surface area contributed by atoms with E-state index >= 15 is 0 Å². The molecule has 3 amide bonds. The predicted molar refractivity (Wildman–Crippen MR) is 91.9 cm³/mol. The highest BCUT2D eigenvalue weighted by molar-refractivity contribution is 5.93. The molecule has 0 saturated heterocycles.